The molecule has 1 unspecified atom stereocenters. The second-order valence-corrected chi connectivity index (χ2v) is 6.14. The lowest BCUT2D eigenvalue weighted by Gasteiger charge is -2.27. The summed E-state index contributed by atoms with van der Waals surface area (Å²) >= 11 is 3.32. The van der Waals surface area contributed by atoms with E-state index in [2.05, 4.69) is 21.2 Å². The smallest absolute Gasteiger partial charge is 0.157 e. The minimum atomic E-state index is -0.0886. The lowest BCUT2D eigenvalue weighted by Crippen LogP contribution is -2.31. The highest BCUT2D eigenvalue weighted by molar-refractivity contribution is 9.10. The number of nitrogens with one attached hydrogen (secondary N) is 1. The van der Waals surface area contributed by atoms with Gasteiger partial charge in [-0.1, -0.05) is 6.07 Å². The molecule has 4 N–H and O–H groups in total. The van der Waals surface area contributed by atoms with Crippen molar-refractivity contribution >= 4 is 28.3 Å². The predicted octanol–water partition coefficient (Wildman–Crippen LogP) is 3.42. The van der Waals surface area contributed by atoms with Crippen LogP contribution in [0.4, 0.5) is 0 Å². The average molecular weight is 387 g/mol. The van der Waals surface area contributed by atoms with Crippen LogP contribution in [-0.2, 0) is 12.8 Å². The largest absolute Gasteiger partial charge is 0.507 e. The molecule has 0 saturated heterocycles. The molecule has 118 valence electrons. The molecular weight excluding hydrogens is 370 g/mol. The van der Waals surface area contributed by atoms with Crippen molar-refractivity contribution in [1.29, 1.82) is 0 Å². The number of aromatic hydroxyl groups is 3. The van der Waals surface area contributed by atoms with Gasteiger partial charge in [0.1, 0.15) is 5.75 Å². The van der Waals surface area contributed by atoms with Gasteiger partial charge in [-0.25, -0.2) is 0 Å². The summed E-state index contributed by atoms with van der Waals surface area (Å²) in [4.78, 5) is 0. The Kier molecular flexibility index (Phi) is 5.21. The second-order valence-electron chi connectivity index (χ2n) is 5.29. The minimum absolute atomic E-state index is 0. The van der Waals surface area contributed by atoms with Crippen molar-refractivity contribution in [1.82, 2.24) is 5.32 Å². The molecule has 0 fully saturated rings. The molecule has 0 saturated carbocycles. The molecule has 2 aromatic rings. The highest BCUT2D eigenvalue weighted by Gasteiger charge is 2.22. The third-order valence-electron chi connectivity index (χ3n) is 3.85. The van der Waals surface area contributed by atoms with Gasteiger partial charge in [-0.15, -0.1) is 12.4 Å². The summed E-state index contributed by atoms with van der Waals surface area (Å²) in [6.45, 7) is 0.834. The van der Waals surface area contributed by atoms with Gasteiger partial charge in [-0.3, -0.25) is 0 Å². The van der Waals surface area contributed by atoms with Crippen LogP contribution < -0.4 is 5.32 Å². The van der Waals surface area contributed by atoms with Crippen molar-refractivity contribution < 1.29 is 15.3 Å². The summed E-state index contributed by atoms with van der Waals surface area (Å²) in [6, 6.07) is 8.80. The number of phenolic OH excluding ortho intramolecular Hbond substituents is 3. The van der Waals surface area contributed by atoms with Crippen LogP contribution in [-0.4, -0.2) is 21.9 Å². The van der Waals surface area contributed by atoms with Crippen molar-refractivity contribution in [2.45, 2.75) is 18.9 Å². The lowest BCUT2D eigenvalue weighted by molar-refractivity contribution is 0.398. The molecule has 0 radical (unpaired) electrons. The maximum atomic E-state index is 9.72. The number of halogens is 2. The van der Waals surface area contributed by atoms with Crippen molar-refractivity contribution in [2.24, 2.45) is 0 Å². The molecule has 2 aromatic carbocycles. The van der Waals surface area contributed by atoms with Crippen molar-refractivity contribution in [3.8, 4) is 17.2 Å². The molecule has 22 heavy (non-hydrogen) atoms. The maximum Gasteiger partial charge on any atom is 0.157 e. The van der Waals surface area contributed by atoms with Gasteiger partial charge in [0.05, 0.1) is 4.47 Å². The van der Waals surface area contributed by atoms with E-state index in [0.717, 1.165) is 36.1 Å². The van der Waals surface area contributed by atoms with Gasteiger partial charge in [0, 0.05) is 6.04 Å². The number of rotatable bonds is 2. The lowest BCUT2D eigenvalue weighted by atomic mass is 9.90. The molecule has 0 aliphatic carbocycles. The third kappa shape index (κ3) is 3.32. The van der Waals surface area contributed by atoms with E-state index in [-0.39, 0.29) is 35.7 Å². The number of benzene rings is 2. The first-order valence-electron chi connectivity index (χ1n) is 6.80. The van der Waals surface area contributed by atoms with Crippen LogP contribution in [0.25, 0.3) is 0 Å². The summed E-state index contributed by atoms with van der Waals surface area (Å²) in [5.74, 6) is 0.0643. The highest BCUT2D eigenvalue weighted by atomic mass is 79.9. The zero-order valence-corrected chi connectivity index (χ0v) is 14.1. The van der Waals surface area contributed by atoms with Gasteiger partial charge in [-0.2, -0.15) is 0 Å². The standard InChI is InChI=1S/C16H16BrNO3.ClH/c17-12-5-9(1-2-14(12)19)6-13-11-8-16(21)15(20)7-10(11)3-4-18-13;/h1-2,5,7-8,13,18-21H,3-4,6H2;1H. The summed E-state index contributed by atoms with van der Waals surface area (Å²) in [5, 5.41) is 32.3. The number of hydrogen-bond donors (Lipinski definition) is 4. The Labute approximate surface area is 143 Å². The van der Waals surface area contributed by atoms with E-state index in [1.165, 1.54) is 0 Å². The molecule has 1 atom stereocenters. The van der Waals surface area contributed by atoms with E-state index in [4.69, 9.17) is 0 Å². The van der Waals surface area contributed by atoms with Gasteiger partial charge in [0.2, 0.25) is 0 Å². The first-order valence-corrected chi connectivity index (χ1v) is 7.59. The first-order chi connectivity index (χ1) is 10.0. The molecule has 0 bridgehead atoms. The van der Waals surface area contributed by atoms with Gasteiger partial charge in [-0.05, 0) is 76.3 Å². The topological polar surface area (TPSA) is 72.7 Å². The number of fused-ring (bicyclic) bond motifs is 1. The van der Waals surface area contributed by atoms with Crippen LogP contribution in [0, 0.1) is 0 Å². The van der Waals surface area contributed by atoms with Crippen molar-refractivity contribution in [3.63, 3.8) is 0 Å². The van der Waals surface area contributed by atoms with Crippen molar-refractivity contribution in [3.05, 3.63) is 51.5 Å². The Morgan fingerprint density at radius 1 is 1.05 bits per heavy atom. The normalized spacial score (nSPS) is 16.7. The summed E-state index contributed by atoms with van der Waals surface area (Å²) in [7, 11) is 0. The van der Waals surface area contributed by atoms with Crippen LogP contribution in [0.1, 0.15) is 22.7 Å². The molecule has 1 aliphatic heterocycles. The Bertz CT molecular complexity index is 693. The monoisotopic (exact) mass is 385 g/mol. The molecule has 4 nitrogen and oxygen atoms in total. The SMILES string of the molecule is Cl.Oc1cc2c(cc1O)C(Cc1ccc(O)c(Br)c1)NCC2. The molecule has 0 spiro atoms. The average Bonchev–Trinajstić information content (AvgIpc) is 2.45. The van der Waals surface area contributed by atoms with Gasteiger partial charge in [0.25, 0.3) is 0 Å². The molecule has 1 heterocycles. The fourth-order valence-corrected chi connectivity index (χ4v) is 3.19. The van der Waals surface area contributed by atoms with Gasteiger partial charge < -0.3 is 20.6 Å². The van der Waals surface area contributed by atoms with E-state index in [1.54, 1.807) is 18.2 Å². The Morgan fingerprint density at radius 2 is 1.77 bits per heavy atom. The zero-order valence-electron chi connectivity index (χ0n) is 11.7. The predicted molar refractivity (Wildman–Crippen MR) is 91.0 cm³/mol. The summed E-state index contributed by atoms with van der Waals surface area (Å²) in [5.41, 5.74) is 3.16. The van der Waals surface area contributed by atoms with Crippen LogP contribution in [0.3, 0.4) is 0 Å². The van der Waals surface area contributed by atoms with E-state index in [0.29, 0.717) is 4.47 Å². The fourth-order valence-electron chi connectivity index (χ4n) is 2.76. The minimum Gasteiger partial charge on any atom is -0.507 e. The van der Waals surface area contributed by atoms with Crippen molar-refractivity contribution in [2.75, 3.05) is 6.54 Å². The molecule has 0 amide bonds. The van der Waals surface area contributed by atoms with E-state index >= 15 is 0 Å². The van der Waals surface area contributed by atoms with Crippen LogP contribution >= 0.6 is 28.3 Å². The Morgan fingerprint density at radius 3 is 2.50 bits per heavy atom. The Hall–Kier alpha value is -1.43. The maximum absolute atomic E-state index is 9.72. The summed E-state index contributed by atoms with van der Waals surface area (Å²) in [6.07, 6.45) is 1.58. The third-order valence-corrected chi connectivity index (χ3v) is 4.48. The fraction of sp³-hybridized carbons (Fsp3) is 0.250. The number of hydrogen-bond acceptors (Lipinski definition) is 4. The van der Waals surface area contributed by atoms with Crippen LogP contribution in [0.2, 0.25) is 0 Å². The Balaban J connectivity index is 0.00000176. The van der Waals surface area contributed by atoms with Crippen LogP contribution in [0.5, 0.6) is 17.2 Å². The quantitative estimate of drug-likeness (QED) is 0.597. The zero-order chi connectivity index (χ0) is 15.0. The molecule has 3 rings (SSSR count). The van der Waals surface area contributed by atoms with E-state index in [9.17, 15) is 15.3 Å². The van der Waals surface area contributed by atoms with E-state index < -0.39 is 0 Å². The summed E-state index contributed by atoms with van der Waals surface area (Å²) < 4.78 is 0.671. The second kappa shape index (κ2) is 6.77. The first kappa shape index (κ1) is 16.9. The molecule has 1 aliphatic rings. The molecule has 6 heteroatoms. The van der Waals surface area contributed by atoms with Crippen LogP contribution in [0.15, 0.2) is 34.8 Å². The van der Waals surface area contributed by atoms with E-state index in [1.807, 2.05) is 12.1 Å². The van der Waals surface area contributed by atoms with Gasteiger partial charge >= 0.3 is 0 Å². The molecule has 0 aromatic heterocycles. The van der Waals surface area contributed by atoms with Gasteiger partial charge in [0.15, 0.2) is 11.5 Å². The highest BCUT2D eigenvalue weighted by Crippen LogP contribution is 2.35. The molecular formula is C16H17BrClNO3. The number of phenols is 3.